The van der Waals surface area contributed by atoms with Crippen LogP contribution in [-0.4, -0.2) is 0 Å². The monoisotopic (exact) mass is 218 g/mol. The maximum atomic E-state index is 9.19. The van der Waals surface area contributed by atoms with Gasteiger partial charge in [-0.1, -0.05) is 23.9 Å². The molecular formula is C10H6N2S2. The fourth-order valence-corrected chi connectivity index (χ4v) is 3.38. The summed E-state index contributed by atoms with van der Waals surface area (Å²) in [6, 6.07) is 8.29. The summed E-state index contributed by atoms with van der Waals surface area (Å²) in [6.07, 6.45) is 2.48. The smallest absolute Gasteiger partial charge is 0.145 e. The Hall–Kier alpha value is -1.23. The van der Waals surface area contributed by atoms with Crippen LogP contribution >= 0.6 is 23.1 Å². The number of thioether (sulfide) groups is 1. The number of thiophene rings is 1. The molecule has 1 aliphatic heterocycles. The van der Waals surface area contributed by atoms with Crippen LogP contribution in [0.1, 0.15) is 11.3 Å². The van der Waals surface area contributed by atoms with Crippen LogP contribution in [0.15, 0.2) is 28.5 Å². The van der Waals surface area contributed by atoms with E-state index in [0.29, 0.717) is 11.3 Å². The lowest BCUT2D eigenvalue weighted by Gasteiger charge is -2.16. The van der Waals surface area contributed by atoms with Crippen LogP contribution in [0.5, 0.6) is 0 Å². The Bertz CT molecular complexity index is 447. The van der Waals surface area contributed by atoms with Crippen molar-refractivity contribution in [2.24, 2.45) is 0 Å². The summed E-state index contributed by atoms with van der Waals surface area (Å²) >= 11 is 2.94. The highest BCUT2D eigenvalue weighted by atomic mass is 32.2. The Morgan fingerprint density at radius 2 is 2.29 bits per heavy atom. The summed E-state index contributed by atoms with van der Waals surface area (Å²) in [4.78, 5) is 1.69. The Labute approximate surface area is 90.5 Å². The van der Waals surface area contributed by atoms with E-state index in [0.717, 1.165) is 4.88 Å². The van der Waals surface area contributed by atoms with Gasteiger partial charge in [0, 0.05) is 11.3 Å². The van der Waals surface area contributed by atoms with E-state index in [9.17, 15) is 5.26 Å². The minimum absolute atomic E-state index is 0.542. The highest BCUT2D eigenvalue weighted by molar-refractivity contribution is 8.04. The van der Waals surface area contributed by atoms with Crippen molar-refractivity contribution >= 4 is 23.1 Å². The zero-order valence-electron chi connectivity index (χ0n) is 7.23. The molecule has 1 aromatic heterocycles. The van der Waals surface area contributed by atoms with E-state index in [1.807, 2.05) is 23.6 Å². The highest BCUT2D eigenvalue weighted by Crippen LogP contribution is 2.50. The van der Waals surface area contributed by atoms with E-state index in [-0.39, 0.29) is 0 Å². The molecule has 0 spiro atoms. The fraction of sp³-hybridized carbons (Fsp3) is 0.200. The predicted molar refractivity (Wildman–Crippen MR) is 57.5 cm³/mol. The molecule has 0 N–H and O–H groups in total. The number of nitrogens with zero attached hydrogens (tertiary/aromatic N) is 2. The Morgan fingerprint density at radius 3 is 2.79 bits per heavy atom. The third kappa shape index (κ3) is 1.33. The van der Waals surface area contributed by atoms with Crippen LogP contribution in [0.3, 0.4) is 0 Å². The Balaban J connectivity index is 2.35. The second-order valence-electron chi connectivity index (χ2n) is 2.90. The summed E-state index contributed by atoms with van der Waals surface area (Å²) in [6.45, 7) is 0. The molecule has 2 rings (SSSR count). The first-order valence-corrected chi connectivity index (χ1v) is 5.75. The van der Waals surface area contributed by atoms with E-state index in [4.69, 9.17) is 5.26 Å². The van der Waals surface area contributed by atoms with Crippen molar-refractivity contribution in [3.63, 3.8) is 0 Å². The number of rotatable bonds is 1. The number of hydrogen-bond acceptors (Lipinski definition) is 4. The lowest BCUT2D eigenvalue weighted by atomic mass is 10.0. The zero-order chi connectivity index (χ0) is 10.0. The van der Waals surface area contributed by atoms with E-state index in [1.54, 1.807) is 11.3 Å². The maximum absolute atomic E-state index is 9.19. The van der Waals surface area contributed by atoms with Gasteiger partial charge in [0.1, 0.15) is 10.8 Å². The third-order valence-corrected chi connectivity index (χ3v) is 4.53. The molecule has 0 saturated carbocycles. The molecule has 4 heteroatoms. The van der Waals surface area contributed by atoms with Gasteiger partial charge in [-0.2, -0.15) is 10.5 Å². The van der Waals surface area contributed by atoms with Crippen LogP contribution in [0.2, 0.25) is 0 Å². The largest absolute Gasteiger partial charge is 0.196 e. The number of allylic oxidation sites excluding steroid dienone is 2. The van der Waals surface area contributed by atoms with Crippen molar-refractivity contribution in [1.29, 1.82) is 10.5 Å². The Kier molecular flexibility index (Phi) is 2.33. The van der Waals surface area contributed by atoms with Gasteiger partial charge in [-0.25, -0.2) is 0 Å². The van der Waals surface area contributed by atoms with Gasteiger partial charge >= 0.3 is 0 Å². The molecule has 1 aliphatic rings. The van der Waals surface area contributed by atoms with Gasteiger partial charge in [-0.05, 0) is 11.4 Å². The normalized spacial score (nSPS) is 25.1. The molecular weight excluding hydrogens is 212 g/mol. The average molecular weight is 218 g/mol. The van der Waals surface area contributed by atoms with Gasteiger partial charge in [0.05, 0.1) is 11.0 Å². The first-order valence-electron chi connectivity index (χ1n) is 4.05. The van der Waals surface area contributed by atoms with Gasteiger partial charge in [0.15, 0.2) is 0 Å². The molecule has 1 unspecified atom stereocenters. The molecule has 2 heterocycles. The van der Waals surface area contributed by atoms with E-state index >= 15 is 0 Å². The molecule has 0 fully saturated rings. The number of hydrogen-bond donors (Lipinski definition) is 0. The van der Waals surface area contributed by atoms with Crippen LogP contribution in [0.4, 0.5) is 0 Å². The minimum Gasteiger partial charge on any atom is -0.196 e. The molecule has 14 heavy (non-hydrogen) atoms. The molecule has 0 amide bonds. The lowest BCUT2D eigenvalue weighted by Crippen LogP contribution is -2.13. The Morgan fingerprint density at radius 1 is 1.43 bits per heavy atom. The van der Waals surface area contributed by atoms with Crippen molar-refractivity contribution in [1.82, 2.24) is 0 Å². The lowest BCUT2D eigenvalue weighted by molar-refractivity contribution is 0.838. The van der Waals surface area contributed by atoms with Gasteiger partial charge in [-0.3, -0.25) is 0 Å². The first kappa shape index (κ1) is 9.33. The molecule has 0 aromatic carbocycles. The van der Waals surface area contributed by atoms with Gasteiger partial charge < -0.3 is 0 Å². The molecule has 68 valence electrons. The molecule has 0 saturated heterocycles. The highest BCUT2D eigenvalue weighted by Gasteiger charge is 2.38. The van der Waals surface area contributed by atoms with Crippen molar-refractivity contribution in [3.8, 4) is 12.1 Å². The van der Waals surface area contributed by atoms with Gasteiger partial charge in [0.2, 0.25) is 0 Å². The third-order valence-electron chi connectivity index (χ3n) is 2.07. The predicted octanol–water partition coefficient (Wildman–Crippen LogP) is 3.01. The topological polar surface area (TPSA) is 47.6 Å². The SMILES string of the molecule is N#CC1=CCC(C#N)(c2cccs2)S1. The van der Waals surface area contributed by atoms with Gasteiger partial charge in [0.25, 0.3) is 0 Å². The van der Waals surface area contributed by atoms with Crippen LogP contribution < -0.4 is 0 Å². The molecule has 0 aliphatic carbocycles. The van der Waals surface area contributed by atoms with Gasteiger partial charge in [-0.15, -0.1) is 11.3 Å². The summed E-state index contributed by atoms with van der Waals surface area (Å²) in [5, 5.41) is 19.9. The zero-order valence-corrected chi connectivity index (χ0v) is 8.86. The summed E-state index contributed by atoms with van der Waals surface area (Å²) in [5.41, 5.74) is 0. The molecule has 2 nitrogen and oxygen atoms in total. The maximum Gasteiger partial charge on any atom is 0.145 e. The molecule has 0 bridgehead atoms. The number of nitriles is 2. The van der Waals surface area contributed by atoms with Crippen molar-refractivity contribution in [3.05, 3.63) is 33.4 Å². The van der Waals surface area contributed by atoms with Crippen LogP contribution in [0.25, 0.3) is 0 Å². The average Bonchev–Trinajstić information content (AvgIpc) is 2.87. The molecule has 0 radical (unpaired) electrons. The summed E-state index contributed by atoms with van der Waals surface area (Å²) in [5.74, 6) is 0. The van der Waals surface area contributed by atoms with Crippen molar-refractivity contribution < 1.29 is 0 Å². The molecule has 1 atom stereocenters. The van der Waals surface area contributed by atoms with E-state index in [2.05, 4.69) is 12.1 Å². The van der Waals surface area contributed by atoms with Crippen molar-refractivity contribution in [2.75, 3.05) is 0 Å². The second-order valence-corrected chi connectivity index (χ2v) is 5.19. The minimum atomic E-state index is -0.542. The van der Waals surface area contributed by atoms with E-state index < -0.39 is 4.75 Å². The fourth-order valence-electron chi connectivity index (χ4n) is 1.36. The quantitative estimate of drug-likeness (QED) is 0.728. The second kappa shape index (κ2) is 3.49. The van der Waals surface area contributed by atoms with Crippen molar-refractivity contribution in [2.45, 2.75) is 11.2 Å². The summed E-state index contributed by atoms with van der Waals surface area (Å²) < 4.78 is -0.542. The summed E-state index contributed by atoms with van der Waals surface area (Å²) in [7, 11) is 0. The molecule has 1 aromatic rings. The first-order chi connectivity index (χ1) is 6.80. The van der Waals surface area contributed by atoms with Crippen LogP contribution in [0, 0.1) is 22.7 Å². The standard InChI is InChI=1S/C10H6N2S2/c11-6-8-3-4-10(7-12,14-8)9-2-1-5-13-9/h1-3,5H,4H2. The van der Waals surface area contributed by atoms with E-state index in [1.165, 1.54) is 11.8 Å². The van der Waals surface area contributed by atoms with Crippen LogP contribution in [-0.2, 0) is 4.75 Å².